The molecule has 0 spiro atoms. The summed E-state index contributed by atoms with van der Waals surface area (Å²) in [5.41, 5.74) is 3.17. The van der Waals surface area contributed by atoms with Crippen LogP contribution in [0.2, 0.25) is 0 Å². The summed E-state index contributed by atoms with van der Waals surface area (Å²) in [4.78, 5) is 0. The molecular weight excluding hydrogens is 186 g/mol. The predicted octanol–water partition coefficient (Wildman–Crippen LogP) is 1.53. The minimum atomic E-state index is -0.845. The van der Waals surface area contributed by atoms with Gasteiger partial charge in [0.15, 0.2) is 11.6 Å². The largest absolute Gasteiger partial charge is 0.271 e. The highest BCUT2D eigenvalue weighted by Crippen LogP contribution is 2.10. The molecule has 0 aliphatic rings. The predicted molar refractivity (Wildman–Crippen MR) is 51.4 cm³/mol. The number of halogens is 2. The molecule has 0 heterocycles. The third-order valence-corrected chi connectivity index (χ3v) is 1.94. The minimum Gasteiger partial charge on any atom is -0.271 e. The molecule has 0 saturated heterocycles. The average molecular weight is 198 g/mol. The fourth-order valence-corrected chi connectivity index (χ4v) is 1.13. The van der Waals surface area contributed by atoms with Crippen LogP contribution in [0.15, 0.2) is 30.9 Å². The van der Waals surface area contributed by atoms with Gasteiger partial charge in [0.2, 0.25) is 0 Å². The zero-order valence-corrected chi connectivity index (χ0v) is 7.63. The Balaban J connectivity index is 2.76. The molecule has 2 nitrogen and oxygen atoms in total. The normalized spacial score (nSPS) is 12.5. The number of nitrogens with one attached hydrogen (secondary N) is 1. The summed E-state index contributed by atoms with van der Waals surface area (Å²) in [6.45, 7) is 3.56. The fourth-order valence-electron chi connectivity index (χ4n) is 1.13. The van der Waals surface area contributed by atoms with Crippen molar-refractivity contribution in [3.8, 4) is 0 Å². The molecule has 0 fully saturated rings. The molecule has 0 aromatic heterocycles. The van der Waals surface area contributed by atoms with E-state index in [1.807, 2.05) is 0 Å². The van der Waals surface area contributed by atoms with Gasteiger partial charge in [-0.15, -0.1) is 6.58 Å². The Kier molecular flexibility index (Phi) is 3.73. The molecule has 1 atom stereocenters. The monoisotopic (exact) mass is 198 g/mol. The van der Waals surface area contributed by atoms with Crippen molar-refractivity contribution in [1.29, 1.82) is 0 Å². The highest BCUT2D eigenvalue weighted by molar-refractivity contribution is 5.19. The van der Waals surface area contributed by atoms with Gasteiger partial charge in [-0.2, -0.15) is 0 Å². The molecule has 4 heteroatoms. The first-order valence-corrected chi connectivity index (χ1v) is 4.20. The van der Waals surface area contributed by atoms with Crippen molar-refractivity contribution in [2.24, 2.45) is 5.84 Å². The second-order valence-electron chi connectivity index (χ2n) is 2.96. The molecule has 0 amide bonds. The summed E-state index contributed by atoms with van der Waals surface area (Å²) >= 11 is 0. The molecule has 0 aliphatic carbocycles. The molecule has 1 aromatic carbocycles. The summed E-state index contributed by atoms with van der Waals surface area (Å²) in [5.74, 6) is 3.52. The lowest BCUT2D eigenvalue weighted by Crippen LogP contribution is -2.34. The van der Waals surface area contributed by atoms with Gasteiger partial charge in [0, 0.05) is 6.04 Å². The van der Waals surface area contributed by atoms with Crippen LogP contribution in [-0.4, -0.2) is 6.04 Å². The van der Waals surface area contributed by atoms with E-state index in [9.17, 15) is 8.78 Å². The van der Waals surface area contributed by atoms with E-state index in [0.29, 0.717) is 12.0 Å². The van der Waals surface area contributed by atoms with E-state index >= 15 is 0 Å². The second kappa shape index (κ2) is 4.83. The Morgan fingerprint density at radius 2 is 2.14 bits per heavy atom. The smallest absolute Gasteiger partial charge is 0.159 e. The summed E-state index contributed by atoms with van der Waals surface area (Å²) in [7, 11) is 0. The Hall–Kier alpha value is -1.26. The van der Waals surface area contributed by atoms with E-state index in [0.717, 1.165) is 12.1 Å². The maximum absolute atomic E-state index is 12.8. The Morgan fingerprint density at radius 3 is 2.64 bits per heavy atom. The Labute approximate surface area is 81.4 Å². The van der Waals surface area contributed by atoms with Crippen molar-refractivity contribution in [3.05, 3.63) is 48.1 Å². The zero-order chi connectivity index (χ0) is 10.6. The summed E-state index contributed by atoms with van der Waals surface area (Å²) in [6.07, 6.45) is 2.10. The van der Waals surface area contributed by atoms with E-state index in [4.69, 9.17) is 5.84 Å². The van der Waals surface area contributed by atoms with Crippen LogP contribution in [-0.2, 0) is 6.42 Å². The first-order chi connectivity index (χ1) is 6.67. The van der Waals surface area contributed by atoms with Crippen molar-refractivity contribution in [1.82, 2.24) is 5.43 Å². The van der Waals surface area contributed by atoms with Crippen LogP contribution in [0.4, 0.5) is 8.78 Å². The average Bonchev–Trinajstić information content (AvgIpc) is 2.19. The molecule has 0 bridgehead atoms. The van der Waals surface area contributed by atoms with Crippen LogP contribution >= 0.6 is 0 Å². The van der Waals surface area contributed by atoms with E-state index in [2.05, 4.69) is 12.0 Å². The van der Waals surface area contributed by atoms with Gasteiger partial charge < -0.3 is 0 Å². The van der Waals surface area contributed by atoms with Crippen LogP contribution in [0.5, 0.6) is 0 Å². The molecule has 0 saturated carbocycles. The summed E-state index contributed by atoms with van der Waals surface area (Å²) in [5, 5.41) is 0. The van der Waals surface area contributed by atoms with E-state index in [-0.39, 0.29) is 6.04 Å². The topological polar surface area (TPSA) is 38.0 Å². The highest BCUT2D eigenvalue weighted by atomic mass is 19.2. The third kappa shape index (κ3) is 2.61. The van der Waals surface area contributed by atoms with Gasteiger partial charge in [0.1, 0.15) is 0 Å². The van der Waals surface area contributed by atoms with Crippen molar-refractivity contribution in [2.45, 2.75) is 12.5 Å². The molecule has 1 aromatic rings. The third-order valence-electron chi connectivity index (χ3n) is 1.94. The van der Waals surface area contributed by atoms with Crippen LogP contribution in [0.3, 0.4) is 0 Å². The van der Waals surface area contributed by atoms with Crippen molar-refractivity contribution in [2.75, 3.05) is 0 Å². The fraction of sp³-hybridized carbons (Fsp3) is 0.200. The molecule has 1 rings (SSSR count). The van der Waals surface area contributed by atoms with E-state index < -0.39 is 11.6 Å². The van der Waals surface area contributed by atoms with E-state index in [1.54, 1.807) is 6.08 Å². The molecule has 76 valence electrons. The van der Waals surface area contributed by atoms with Gasteiger partial charge in [-0.05, 0) is 24.1 Å². The van der Waals surface area contributed by atoms with Gasteiger partial charge in [-0.3, -0.25) is 11.3 Å². The van der Waals surface area contributed by atoms with Crippen molar-refractivity contribution >= 4 is 0 Å². The number of hydrogen-bond acceptors (Lipinski definition) is 2. The summed E-state index contributed by atoms with van der Waals surface area (Å²) < 4.78 is 25.3. The summed E-state index contributed by atoms with van der Waals surface area (Å²) in [6, 6.07) is 3.64. The van der Waals surface area contributed by atoms with Gasteiger partial charge in [0.25, 0.3) is 0 Å². The lowest BCUT2D eigenvalue weighted by Gasteiger charge is -2.10. The zero-order valence-electron chi connectivity index (χ0n) is 7.63. The molecule has 14 heavy (non-hydrogen) atoms. The van der Waals surface area contributed by atoms with Crippen LogP contribution in [0.1, 0.15) is 5.56 Å². The van der Waals surface area contributed by atoms with Gasteiger partial charge in [-0.25, -0.2) is 8.78 Å². The number of hydrazine groups is 1. The molecular formula is C10H12F2N2. The number of nitrogens with two attached hydrogens (primary N) is 1. The first-order valence-electron chi connectivity index (χ1n) is 4.20. The molecule has 1 unspecified atom stereocenters. The standard InChI is InChI=1S/C10H12F2N2/c1-2-8(14-13)5-7-3-4-9(11)10(12)6-7/h2-4,6,8,14H,1,5,13H2. The van der Waals surface area contributed by atoms with Crippen molar-refractivity contribution < 1.29 is 8.78 Å². The van der Waals surface area contributed by atoms with E-state index in [1.165, 1.54) is 6.07 Å². The maximum Gasteiger partial charge on any atom is 0.159 e. The Morgan fingerprint density at radius 1 is 1.43 bits per heavy atom. The maximum atomic E-state index is 12.8. The lowest BCUT2D eigenvalue weighted by atomic mass is 10.1. The second-order valence-corrected chi connectivity index (χ2v) is 2.96. The highest BCUT2D eigenvalue weighted by Gasteiger charge is 2.06. The van der Waals surface area contributed by atoms with Gasteiger partial charge >= 0.3 is 0 Å². The quantitative estimate of drug-likeness (QED) is 0.437. The number of benzene rings is 1. The van der Waals surface area contributed by atoms with Crippen LogP contribution < -0.4 is 11.3 Å². The molecule has 0 radical (unpaired) electrons. The van der Waals surface area contributed by atoms with Crippen LogP contribution in [0.25, 0.3) is 0 Å². The first kappa shape index (κ1) is 10.8. The number of rotatable bonds is 4. The number of hydrogen-bond donors (Lipinski definition) is 2. The lowest BCUT2D eigenvalue weighted by molar-refractivity contribution is 0.505. The molecule has 3 N–H and O–H groups in total. The minimum absolute atomic E-state index is 0.139. The Bertz CT molecular complexity index is 326. The van der Waals surface area contributed by atoms with Crippen molar-refractivity contribution in [3.63, 3.8) is 0 Å². The van der Waals surface area contributed by atoms with Gasteiger partial charge in [-0.1, -0.05) is 12.1 Å². The van der Waals surface area contributed by atoms with Crippen LogP contribution in [0, 0.1) is 11.6 Å². The molecule has 0 aliphatic heterocycles. The SMILES string of the molecule is C=CC(Cc1ccc(F)c(F)c1)NN. The van der Waals surface area contributed by atoms with Gasteiger partial charge in [0.05, 0.1) is 0 Å².